The van der Waals surface area contributed by atoms with E-state index in [1.807, 2.05) is 19.1 Å². The number of hydrogen-bond acceptors (Lipinski definition) is 6. The molecule has 36 heavy (non-hydrogen) atoms. The third kappa shape index (κ3) is 4.29. The van der Waals surface area contributed by atoms with Gasteiger partial charge in [-0.25, -0.2) is 22.2 Å². The van der Waals surface area contributed by atoms with Crippen LogP contribution in [0.3, 0.4) is 0 Å². The molecule has 0 aliphatic rings. The van der Waals surface area contributed by atoms with Crippen molar-refractivity contribution in [2.75, 3.05) is 4.72 Å². The number of hydrogen-bond donors (Lipinski definition) is 2. The minimum atomic E-state index is -4.02. The summed E-state index contributed by atoms with van der Waals surface area (Å²) in [6, 6.07) is 11.2. The summed E-state index contributed by atoms with van der Waals surface area (Å²) in [7, 11) is -4.02. The van der Waals surface area contributed by atoms with Crippen molar-refractivity contribution in [3.63, 3.8) is 0 Å². The Morgan fingerprint density at radius 3 is 2.47 bits per heavy atom. The predicted octanol–water partition coefficient (Wildman–Crippen LogP) is 6.01. The van der Waals surface area contributed by atoms with Gasteiger partial charge >= 0.3 is 0 Å². The van der Waals surface area contributed by atoms with Gasteiger partial charge in [0, 0.05) is 34.6 Å². The third-order valence-electron chi connectivity index (χ3n) is 5.53. The molecule has 3 heterocycles. The van der Waals surface area contributed by atoms with Crippen LogP contribution in [0.5, 0.6) is 11.5 Å². The number of rotatable bonds is 6. The fourth-order valence-electron chi connectivity index (χ4n) is 4.02. The van der Waals surface area contributed by atoms with E-state index >= 15 is 0 Å². The molecular weight excluding hydrogens is 490 g/mol. The number of aromatic nitrogens is 3. The summed E-state index contributed by atoms with van der Waals surface area (Å²) < 4.78 is 67.4. The predicted molar refractivity (Wildman–Crippen MR) is 129 cm³/mol. The number of aromatic amines is 1. The molecule has 2 aromatic carbocycles. The number of H-pyrrole nitrogens is 1. The zero-order chi connectivity index (χ0) is 25.6. The van der Waals surface area contributed by atoms with Gasteiger partial charge in [-0.05, 0) is 68.8 Å². The van der Waals surface area contributed by atoms with Crippen molar-refractivity contribution in [2.45, 2.75) is 25.7 Å². The summed E-state index contributed by atoms with van der Waals surface area (Å²) in [6.45, 7) is 4.86. The molecule has 0 bridgehead atoms. The fourth-order valence-corrected chi connectivity index (χ4v) is 5.40. The number of ether oxygens (including phenoxy) is 1. The normalized spacial score (nSPS) is 11.7. The molecule has 2 N–H and O–H groups in total. The highest BCUT2D eigenvalue weighted by Crippen LogP contribution is 2.40. The number of fused-ring (bicyclic) bond motifs is 1. The number of nitrogens with one attached hydrogen (secondary N) is 2. The van der Waals surface area contributed by atoms with Gasteiger partial charge in [0.25, 0.3) is 10.0 Å². The molecule has 11 heteroatoms. The van der Waals surface area contributed by atoms with E-state index in [0.717, 1.165) is 17.5 Å². The number of pyridine rings is 1. The highest BCUT2D eigenvalue weighted by molar-refractivity contribution is 7.92. The van der Waals surface area contributed by atoms with Crippen LogP contribution in [-0.4, -0.2) is 23.5 Å². The van der Waals surface area contributed by atoms with Crippen LogP contribution >= 0.6 is 0 Å². The SMILES string of the molecule is Cc1cc(-c2cc(NS(=O)(=O)c3c(C)noc3C)ccc2Oc2ccc(F)cc2F)c2cc[nH]c2n1. The lowest BCUT2D eigenvalue weighted by Gasteiger charge is -2.16. The summed E-state index contributed by atoms with van der Waals surface area (Å²) in [5, 5.41) is 4.46. The maximum atomic E-state index is 14.4. The Morgan fingerprint density at radius 1 is 0.972 bits per heavy atom. The van der Waals surface area contributed by atoms with Crippen molar-refractivity contribution < 1.29 is 26.5 Å². The summed E-state index contributed by atoms with van der Waals surface area (Å²) in [4.78, 5) is 7.47. The second-order valence-electron chi connectivity index (χ2n) is 8.20. The Balaban J connectivity index is 1.65. The van der Waals surface area contributed by atoms with E-state index < -0.39 is 21.7 Å². The molecule has 8 nitrogen and oxygen atoms in total. The lowest BCUT2D eigenvalue weighted by atomic mass is 10.0. The molecule has 0 fully saturated rings. The number of benzene rings is 2. The minimum absolute atomic E-state index is 0.0504. The Hall–Kier alpha value is -4.25. The van der Waals surface area contributed by atoms with Crippen LogP contribution in [-0.2, 0) is 10.0 Å². The molecule has 184 valence electrons. The van der Waals surface area contributed by atoms with Crippen LogP contribution in [0.4, 0.5) is 14.5 Å². The lowest BCUT2D eigenvalue weighted by Crippen LogP contribution is -2.14. The van der Waals surface area contributed by atoms with Crippen molar-refractivity contribution in [1.82, 2.24) is 15.1 Å². The van der Waals surface area contributed by atoms with E-state index in [1.165, 1.54) is 32.0 Å². The number of anilines is 1. The Labute approximate surface area is 205 Å². The van der Waals surface area contributed by atoms with Crippen molar-refractivity contribution in [3.8, 4) is 22.6 Å². The average Bonchev–Trinajstić information content (AvgIpc) is 3.41. The Morgan fingerprint density at radius 2 is 1.75 bits per heavy atom. The van der Waals surface area contributed by atoms with Gasteiger partial charge in [0.2, 0.25) is 0 Å². The van der Waals surface area contributed by atoms with Gasteiger partial charge in [0.1, 0.15) is 22.9 Å². The molecule has 0 aliphatic heterocycles. The van der Waals surface area contributed by atoms with Gasteiger partial charge in [0.15, 0.2) is 22.2 Å². The van der Waals surface area contributed by atoms with Crippen molar-refractivity contribution in [3.05, 3.63) is 83.5 Å². The number of nitrogens with zero attached hydrogens (tertiary/aromatic N) is 2. The molecule has 0 saturated heterocycles. The third-order valence-corrected chi connectivity index (χ3v) is 7.15. The molecule has 0 saturated carbocycles. The topological polar surface area (TPSA) is 110 Å². The van der Waals surface area contributed by atoms with Crippen molar-refractivity contribution in [2.24, 2.45) is 0 Å². The summed E-state index contributed by atoms with van der Waals surface area (Å²) >= 11 is 0. The van der Waals surface area contributed by atoms with E-state index in [-0.39, 0.29) is 33.5 Å². The fraction of sp³-hybridized carbons (Fsp3) is 0.120. The molecule has 0 radical (unpaired) electrons. The minimum Gasteiger partial charge on any atom is -0.454 e. The van der Waals surface area contributed by atoms with Crippen molar-refractivity contribution in [1.29, 1.82) is 0 Å². The maximum absolute atomic E-state index is 14.4. The first-order valence-electron chi connectivity index (χ1n) is 10.8. The highest BCUT2D eigenvalue weighted by Gasteiger charge is 2.25. The molecule has 0 spiro atoms. The van der Waals surface area contributed by atoms with E-state index in [9.17, 15) is 17.2 Å². The maximum Gasteiger partial charge on any atom is 0.267 e. The van der Waals surface area contributed by atoms with Gasteiger partial charge < -0.3 is 14.2 Å². The van der Waals surface area contributed by atoms with Crippen molar-refractivity contribution >= 4 is 26.7 Å². The number of aryl methyl sites for hydroxylation is 3. The molecule has 5 rings (SSSR count). The second kappa shape index (κ2) is 8.76. The average molecular weight is 511 g/mol. The van der Waals surface area contributed by atoms with Crippen LogP contribution in [0.2, 0.25) is 0 Å². The summed E-state index contributed by atoms with van der Waals surface area (Å²) in [5.74, 6) is -1.40. The molecule has 3 aromatic heterocycles. The van der Waals surface area contributed by atoms with Crippen LogP contribution in [0.25, 0.3) is 22.2 Å². The largest absolute Gasteiger partial charge is 0.454 e. The zero-order valence-electron chi connectivity index (χ0n) is 19.4. The Kier molecular flexibility index (Phi) is 5.71. The quantitative estimate of drug-likeness (QED) is 0.289. The molecule has 5 aromatic rings. The van der Waals surface area contributed by atoms with Crippen LogP contribution < -0.4 is 9.46 Å². The first kappa shape index (κ1) is 23.5. The summed E-state index contributed by atoms with van der Waals surface area (Å²) in [6.07, 6.45) is 1.73. The van der Waals surface area contributed by atoms with E-state index in [4.69, 9.17) is 9.26 Å². The number of halogens is 2. The lowest BCUT2D eigenvalue weighted by molar-refractivity contribution is 0.390. The van der Waals surface area contributed by atoms with E-state index in [1.54, 1.807) is 12.3 Å². The Bertz CT molecular complexity index is 1710. The molecule has 0 atom stereocenters. The first-order valence-corrected chi connectivity index (χ1v) is 12.3. The molecule has 0 amide bonds. The highest BCUT2D eigenvalue weighted by atomic mass is 32.2. The molecule has 0 unspecified atom stereocenters. The first-order chi connectivity index (χ1) is 17.1. The van der Waals surface area contributed by atoms with E-state index in [2.05, 4.69) is 19.8 Å². The smallest absolute Gasteiger partial charge is 0.267 e. The van der Waals surface area contributed by atoms with Crippen LogP contribution in [0.15, 0.2) is 64.1 Å². The standard InChI is InChI=1S/C25H20F2N4O4S/c1-13-10-19(18-8-9-28-25(18)29-13)20-12-17(31-36(32,33)24-14(2)30-35-15(24)3)5-7-22(20)34-23-6-4-16(26)11-21(23)27/h4-12,31H,1-3H3,(H,28,29). The van der Waals surface area contributed by atoms with Crippen LogP contribution in [0.1, 0.15) is 17.1 Å². The number of sulfonamides is 1. The van der Waals surface area contributed by atoms with Gasteiger partial charge in [0.05, 0.1) is 0 Å². The monoisotopic (exact) mass is 510 g/mol. The van der Waals surface area contributed by atoms with Crippen LogP contribution in [0, 0.1) is 32.4 Å². The van der Waals surface area contributed by atoms with Gasteiger partial charge in [-0.3, -0.25) is 4.72 Å². The van der Waals surface area contributed by atoms with Gasteiger partial charge in [-0.15, -0.1) is 0 Å². The molecule has 0 aliphatic carbocycles. The zero-order valence-corrected chi connectivity index (χ0v) is 20.2. The molecular formula is C25H20F2N4O4S. The van der Waals surface area contributed by atoms with Gasteiger partial charge in [-0.2, -0.15) is 0 Å². The second-order valence-corrected chi connectivity index (χ2v) is 9.82. The van der Waals surface area contributed by atoms with Gasteiger partial charge in [-0.1, -0.05) is 5.16 Å². The summed E-state index contributed by atoms with van der Waals surface area (Å²) in [5.41, 5.74) is 2.91. The van der Waals surface area contributed by atoms with E-state index in [0.29, 0.717) is 22.5 Å².